The molecule has 0 radical (unpaired) electrons. The van der Waals surface area contributed by atoms with Crippen molar-refractivity contribution < 1.29 is 4.79 Å². The summed E-state index contributed by atoms with van der Waals surface area (Å²) in [4.78, 5) is 27.1. The molecular weight excluding hydrogens is 374 g/mol. The van der Waals surface area contributed by atoms with Gasteiger partial charge in [0, 0.05) is 50.9 Å². The zero-order valence-corrected chi connectivity index (χ0v) is 17.8. The van der Waals surface area contributed by atoms with E-state index < -0.39 is 0 Å². The Morgan fingerprint density at radius 3 is 2.57 bits per heavy atom. The summed E-state index contributed by atoms with van der Waals surface area (Å²) in [6.45, 7) is 11.2. The number of aromatic nitrogens is 2. The summed E-state index contributed by atoms with van der Waals surface area (Å²) in [5.74, 6) is -0.0580. The Morgan fingerprint density at radius 2 is 1.83 bits per heavy atom. The van der Waals surface area contributed by atoms with Gasteiger partial charge in [-0.1, -0.05) is 24.6 Å². The first kappa shape index (κ1) is 20.4. The van der Waals surface area contributed by atoms with Crippen molar-refractivity contribution >= 4 is 16.8 Å². The third kappa shape index (κ3) is 4.66. The predicted molar refractivity (Wildman–Crippen MR) is 121 cm³/mol. The van der Waals surface area contributed by atoms with Crippen molar-refractivity contribution in [2.24, 2.45) is 0 Å². The zero-order valence-electron chi connectivity index (χ0n) is 17.8. The molecule has 4 rings (SSSR count). The molecule has 1 aromatic carbocycles. The molecule has 1 saturated heterocycles. The molecule has 2 aromatic heterocycles. The van der Waals surface area contributed by atoms with Crippen molar-refractivity contribution in [3.8, 4) is 11.4 Å². The Kier molecular flexibility index (Phi) is 6.35. The second-order valence-corrected chi connectivity index (χ2v) is 7.82. The van der Waals surface area contributed by atoms with Gasteiger partial charge in [0.15, 0.2) is 0 Å². The molecule has 1 N–H and O–H groups in total. The molecule has 0 spiro atoms. The first-order valence-electron chi connectivity index (χ1n) is 10.7. The van der Waals surface area contributed by atoms with Gasteiger partial charge in [-0.3, -0.25) is 14.7 Å². The predicted octanol–water partition coefficient (Wildman–Crippen LogP) is 2.97. The molecule has 6 nitrogen and oxygen atoms in total. The van der Waals surface area contributed by atoms with Gasteiger partial charge in [-0.15, -0.1) is 0 Å². The minimum absolute atomic E-state index is 0.0580. The Hall–Kier alpha value is -2.83. The van der Waals surface area contributed by atoms with E-state index in [0.717, 1.165) is 61.4 Å². The van der Waals surface area contributed by atoms with Crippen LogP contribution in [0.3, 0.4) is 0 Å². The lowest BCUT2D eigenvalue weighted by atomic mass is 10.0. The summed E-state index contributed by atoms with van der Waals surface area (Å²) in [5.41, 5.74) is 4.05. The normalized spacial score (nSPS) is 15.4. The SMILES string of the molecule is CCN1CCN(CCNC(=O)c2cc(-c3ccccn3)nc3ccc(C)cc23)CC1. The highest BCUT2D eigenvalue weighted by Gasteiger charge is 2.17. The van der Waals surface area contributed by atoms with Crippen molar-refractivity contribution in [3.63, 3.8) is 0 Å². The van der Waals surface area contributed by atoms with Crippen LogP contribution in [0.1, 0.15) is 22.8 Å². The van der Waals surface area contributed by atoms with Crippen molar-refractivity contribution in [2.75, 3.05) is 45.8 Å². The van der Waals surface area contributed by atoms with Crippen LogP contribution in [-0.4, -0.2) is 71.5 Å². The number of fused-ring (bicyclic) bond motifs is 1. The first-order chi connectivity index (χ1) is 14.6. The molecule has 0 saturated carbocycles. The number of carbonyl (C=O) groups excluding carboxylic acids is 1. The number of nitrogens with one attached hydrogen (secondary N) is 1. The van der Waals surface area contributed by atoms with Crippen LogP contribution in [0.15, 0.2) is 48.7 Å². The van der Waals surface area contributed by atoms with Crippen molar-refractivity contribution in [2.45, 2.75) is 13.8 Å². The molecule has 6 heteroatoms. The second kappa shape index (κ2) is 9.32. The van der Waals surface area contributed by atoms with E-state index >= 15 is 0 Å². The minimum Gasteiger partial charge on any atom is -0.351 e. The Morgan fingerprint density at radius 1 is 1.03 bits per heavy atom. The van der Waals surface area contributed by atoms with Crippen LogP contribution in [0.4, 0.5) is 0 Å². The second-order valence-electron chi connectivity index (χ2n) is 7.82. The number of carbonyl (C=O) groups is 1. The van der Waals surface area contributed by atoms with Crippen molar-refractivity contribution in [1.29, 1.82) is 0 Å². The third-order valence-electron chi connectivity index (χ3n) is 5.76. The van der Waals surface area contributed by atoms with Crippen LogP contribution in [0.25, 0.3) is 22.3 Å². The highest BCUT2D eigenvalue weighted by Crippen LogP contribution is 2.24. The van der Waals surface area contributed by atoms with Gasteiger partial charge in [-0.05, 0) is 43.8 Å². The van der Waals surface area contributed by atoms with E-state index in [9.17, 15) is 4.79 Å². The minimum atomic E-state index is -0.0580. The van der Waals surface area contributed by atoms with Crippen molar-refractivity contribution in [3.05, 3.63) is 59.8 Å². The average Bonchev–Trinajstić information content (AvgIpc) is 2.79. The van der Waals surface area contributed by atoms with Gasteiger partial charge in [0.25, 0.3) is 5.91 Å². The van der Waals surface area contributed by atoms with Crippen LogP contribution < -0.4 is 5.32 Å². The molecule has 1 aliphatic heterocycles. The Labute approximate surface area is 177 Å². The van der Waals surface area contributed by atoms with Crippen LogP contribution >= 0.6 is 0 Å². The topological polar surface area (TPSA) is 61.4 Å². The van der Waals surface area contributed by atoms with Crippen LogP contribution in [0, 0.1) is 6.92 Å². The van der Waals surface area contributed by atoms with E-state index in [2.05, 4.69) is 27.0 Å². The fourth-order valence-electron chi connectivity index (χ4n) is 3.92. The van der Waals surface area contributed by atoms with Crippen LogP contribution in [0.5, 0.6) is 0 Å². The summed E-state index contributed by atoms with van der Waals surface area (Å²) in [6.07, 6.45) is 1.74. The highest BCUT2D eigenvalue weighted by atomic mass is 16.1. The lowest BCUT2D eigenvalue weighted by molar-refractivity contribution is 0.0939. The van der Waals surface area contributed by atoms with Gasteiger partial charge in [0.1, 0.15) is 0 Å². The molecule has 1 amide bonds. The maximum absolute atomic E-state index is 13.1. The van der Waals surface area contributed by atoms with Crippen molar-refractivity contribution in [1.82, 2.24) is 25.1 Å². The number of piperazine rings is 1. The smallest absolute Gasteiger partial charge is 0.252 e. The monoisotopic (exact) mass is 403 g/mol. The van der Waals surface area contributed by atoms with Gasteiger partial charge < -0.3 is 10.2 Å². The summed E-state index contributed by atoms with van der Waals surface area (Å²) < 4.78 is 0. The molecule has 0 aliphatic carbocycles. The van der Waals surface area contributed by atoms with E-state index in [1.165, 1.54) is 0 Å². The molecule has 0 unspecified atom stereocenters. The number of hydrogen-bond acceptors (Lipinski definition) is 5. The number of nitrogens with zero attached hydrogens (tertiary/aromatic N) is 4. The number of hydrogen-bond donors (Lipinski definition) is 1. The summed E-state index contributed by atoms with van der Waals surface area (Å²) in [6, 6.07) is 13.6. The lowest BCUT2D eigenvalue weighted by Gasteiger charge is -2.33. The van der Waals surface area contributed by atoms with Crippen LogP contribution in [0.2, 0.25) is 0 Å². The molecule has 30 heavy (non-hydrogen) atoms. The number of likely N-dealkylation sites (N-methyl/N-ethyl adjacent to an activating group) is 1. The third-order valence-corrected chi connectivity index (χ3v) is 5.76. The van der Waals surface area contributed by atoms with Gasteiger partial charge in [0.05, 0.1) is 22.5 Å². The first-order valence-corrected chi connectivity index (χ1v) is 10.7. The van der Waals surface area contributed by atoms with Gasteiger partial charge in [-0.2, -0.15) is 0 Å². The summed E-state index contributed by atoms with van der Waals surface area (Å²) in [5, 5.41) is 4.00. The Bertz CT molecular complexity index is 1010. The van der Waals surface area contributed by atoms with E-state index in [0.29, 0.717) is 17.8 Å². The molecule has 1 fully saturated rings. The van der Waals surface area contributed by atoms with E-state index in [4.69, 9.17) is 4.98 Å². The summed E-state index contributed by atoms with van der Waals surface area (Å²) >= 11 is 0. The van der Waals surface area contributed by atoms with Gasteiger partial charge >= 0.3 is 0 Å². The number of aryl methyl sites for hydroxylation is 1. The standard InChI is InChI=1S/C24H29N5O/c1-3-28-12-14-29(15-13-28)11-10-26-24(30)20-17-23(22-6-4-5-9-25-22)27-21-8-7-18(2)16-19(20)21/h4-9,16-17H,3,10-15H2,1-2H3,(H,26,30). The molecule has 3 aromatic rings. The molecular formula is C24H29N5O. The largest absolute Gasteiger partial charge is 0.351 e. The molecule has 1 aliphatic rings. The number of pyridine rings is 2. The van der Waals surface area contributed by atoms with E-state index in [1.54, 1.807) is 6.20 Å². The zero-order chi connectivity index (χ0) is 20.9. The average molecular weight is 404 g/mol. The number of rotatable bonds is 6. The van der Waals surface area contributed by atoms with E-state index in [-0.39, 0.29) is 5.91 Å². The number of benzene rings is 1. The molecule has 0 bridgehead atoms. The Balaban J connectivity index is 1.51. The quantitative estimate of drug-likeness (QED) is 0.686. The summed E-state index contributed by atoms with van der Waals surface area (Å²) in [7, 11) is 0. The molecule has 156 valence electrons. The highest BCUT2D eigenvalue weighted by molar-refractivity contribution is 6.07. The fraction of sp³-hybridized carbons (Fsp3) is 0.375. The van der Waals surface area contributed by atoms with Crippen LogP contribution in [-0.2, 0) is 0 Å². The van der Waals surface area contributed by atoms with E-state index in [1.807, 2.05) is 49.4 Å². The molecule has 0 atom stereocenters. The fourth-order valence-corrected chi connectivity index (χ4v) is 3.92. The number of amides is 1. The lowest BCUT2D eigenvalue weighted by Crippen LogP contribution is -2.48. The molecule has 3 heterocycles. The van der Waals surface area contributed by atoms with Gasteiger partial charge in [-0.25, -0.2) is 4.98 Å². The van der Waals surface area contributed by atoms with Gasteiger partial charge in [0.2, 0.25) is 0 Å². The maximum Gasteiger partial charge on any atom is 0.252 e. The maximum atomic E-state index is 13.1.